The summed E-state index contributed by atoms with van der Waals surface area (Å²) in [6.07, 6.45) is 0.558. The highest BCUT2D eigenvalue weighted by atomic mass is 19.1. The molecule has 1 aromatic carbocycles. The van der Waals surface area contributed by atoms with Gasteiger partial charge < -0.3 is 9.80 Å². The van der Waals surface area contributed by atoms with Gasteiger partial charge in [0.15, 0.2) is 0 Å². The van der Waals surface area contributed by atoms with Crippen molar-refractivity contribution in [3.8, 4) is 6.07 Å². The van der Waals surface area contributed by atoms with E-state index in [1.165, 1.54) is 6.07 Å². The number of carbonyl (C=O) groups excluding carboxylic acids is 2. The maximum Gasteiger partial charge on any atom is 0.236 e. The Balaban J connectivity index is 1.93. The van der Waals surface area contributed by atoms with Crippen molar-refractivity contribution < 1.29 is 14.0 Å². The van der Waals surface area contributed by atoms with Crippen molar-refractivity contribution in [2.75, 3.05) is 26.2 Å². The number of nitrogens with zero attached hydrogens (tertiary/aromatic N) is 3. The molecule has 6 heteroatoms. The van der Waals surface area contributed by atoms with Gasteiger partial charge in [-0.05, 0) is 18.1 Å². The van der Waals surface area contributed by atoms with Gasteiger partial charge in [0.25, 0.3) is 0 Å². The highest BCUT2D eigenvalue weighted by molar-refractivity contribution is 5.80. The molecule has 0 saturated carbocycles. The number of rotatable bonds is 3. The minimum absolute atomic E-state index is 0.0266. The summed E-state index contributed by atoms with van der Waals surface area (Å²) in [4.78, 5) is 27.3. The van der Waals surface area contributed by atoms with Gasteiger partial charge in [-0.1, -0.05) is 18.2 Å². The van der Waals surface area contributed by atoms with Crippen LogP contribution in [-0.2, 0) is 16.0 Å². The second-order valence-corrected chi connectivity index (χ2v) is 5.22. The van der Waals surface area contributed by atoms with Crippen LogP contribution in [0, 0.1) is 17.1 Å². The molecule has 2 rings (SSSR count). The first-order chi connectivity index (χ1) is 10.6. The number of amides is 2. The van der Waals surface area contributed by atoms with Crippen LogP contribution in [0.2, 0.25) is 0 Å². The van der Waals surface area contributed by atoms with E-state index in [2.05, 4.69) is 0 Å². The van der Waals surface area contributed by atoms with E-state index in [-0.39, 0.29) is 30.5 Å². The van der Waals surface area contributed by atoms with Crippen LogP contribution in [0.5, 0.6) is 0 Å². The van der Waals surface area contributed by atoms with Gasteiger partial charge in [-0.2, -0.15) is 5.26 Å². The summed E-state index contributed by atoms with van der Waals surface area (Å²) in [5, 5.41) is 8.57. The lowest BCUT2D eigenvalue weighted by Crippen LogP contribution is -2.37. The molecule has 2 amide bonds. The van der Waals surface area contributed by atoms with Crippen molar-refractivity contribution in [2.45, 2.75) is 19.3 Å². The number of benzene rings is 1. The molecule has 1 saturated heterocycles. The Morgan fingerprint density at radius 1 is 1.09 bits per heavy atom. The molecule has 0 radical (unpaired) electrons. The van der Waals surface area contributed by atoms with E-state index in [1.807, 2.05) is 6.07 Å². The smallest absolute Gasteiger partial charge is 0.236 e. The standard InChI is InChI=1S/C16H18FN3O2/c17-14-5-2-1-4-13(14)12-16(22)20-9-3-8-19(10-11-20)15(21)6-7-18/h1-2,4-5H,3,6,8-12H2. The van der Waals surface area contributed by atoms with Gasteiger partial charge in [-0.3, -0.25) is 9.59 Å². The average Bonchev–Trinajstić information content (AvgIpc) is 2.76. The van der Waals surface area contributed by atoms with Crippen molar-refractivity contribution in [3.05, 3.63) is 35.6 Å². The Labute approximate surface area is 128 Å². The van der Waals surface area contributed by atoms with Gasteiger partial charge in [0.05, 0.1) is 12.5 Å². The van der Waals surface area contributed by atoms with Crippen LogP contribution in [0.15, 0.2) is 24.3 Å². The van der Waals surface area contributed by atoms with Crippen LogP contribution in [0.1, 0.15) is 18.4 Å². The Morgan fingerprint density at radius 3 is 2.36 bits per heavy atom. The largest absolute Gasteiger partial charge is 0.341 e. The molecule has 5 nitrogen and oxygen atoms in total. The predicted octanol–water partition coefficient (Wildman–Crippen LogP) is 1.34. The monoisotopic (exact) mass is 303 g/mol. The molecule has 0 unspecified atom stereocenters. The van der Waals surface area contributed by atoms with Crippen LogP contribution in [0.3, 0.4) is 0 Å². The van der Waals surface area contributed by atoms with Crippen molar-refractivity contribution in [2.24, 2.45) is 0 Å². The number of nitriles is 1. The highest BCUT2D eigenvalue weighted by Crippen LogP contribution is 2.11. The van der Waals surface area contributed by atoms with E-state index in [4.69, 9.17) is 5.26 Å². The Kier molecular flexibility index (Phi) is 5.48. The van der Waals surface area contributed by atoms with Gasteiger partial charge in [-0.25, -0.2) is 4.39 Å². The Bertz CT molecular complexity index is 597. The van der Waals surface area contributed by atoms with Crippen LogP contribution in [-0.4, -0.2) is 47.8 Å². The first kappa shape index (κ1) is 16.0. The fraction of sp³-hybridized carbons (Fsp3) is 0.438. The highest BCUT2D eigenvalue weighted by Gasteiger charge is 2.22. The summed E-state index contributed by atoms with van der Waals surface area (Å²) < 4.78 is 13.6. The van der Waals surface area contributed by atoms with E-state index in [9.17, 15) is 14.0 Å². The summed E-state index contributed by atoms with van der Waals surface area (Å²) in [5.74, 6) is -0.720. The molecule has 0 N–H and O–H groups in total. The minimum Gasteiger partial charge on any atom is -0.341 e. The van der Waals surface area contributed by atoms with Gasteiger partial charge in [-0.15, -0.1) is 0 Å². The molecular weight excluding hydrogens is 285 g/mol. The van der Waals surface area contributed by atoms with E-state index in [0.29, 0.717) is 38.2 Å². The van der Waals surface area contributed by atoms with Gasteiger partial charge in [0, 0.05) is 26.2 Å². The summed E-state index contributed by atoms with van der Waals surface area (Å²) in [7, 11) is 0. The van der Waals surface area contributed by atoms with Gasteiger partial charge >= 0.3 is 0 Å². The maximum atomic E-state index is 13.6. The summed E-state index contributed by atoms with van der Waals surface area (Å²) >= 11 is 0. The third-order valence-electron chi connectivity index (χ3n) is 3.73. The number of hydrogen-bond acceptors (Lipinski definition) is 3. The van der Waals surface area contributed by atoms with Gasteiger partial charge in [0.1, 0.15) is 12.2 Å². The molecule has 0 bridgehead atoms. The topological polar surface area (TPSA) is 64.4 Å². The third kappa shape index (κ3) is 4.04. The zero-order chi connectivity index (χ0) is 15.9. The first-order valence-electron chi connectivity index (χ1n) is 7.27. The lowest BCUT2D eigenvalue weighted by molar-refractivity contribution is -0.132. The van der Waals surface area contributed by atoms with Crippen molar-refractivity contribution in [1.82, 2.24) is 9.80 Å². The van der Waals surface area contributed by atoms with Crippen molar-refractivity contribution in [3.63, 3.8) is 0 Å². The van der Waals surface area contributed by atoms with Crippen LogP contribution in [0.4, 0.5) is 4.39 Å². The Morgan fingerprint density at radius 2 is 1.73 bits per heavy atom. The lowest BCUT2D eigenvalue weighted by atomic mass is 10.1. The Hall–Kier alpha value is -2.42. The van der Waals surface area contributed by atoms with E-state index < -0.39 is 0 Å². The van der Waals surface area contributed by atoms with E-state index in [0.717, 1.165) is 0 Å². The lowest BCUT2D eigenvalue weighted by Gasteiger charge is -2.21. The fourth-order valence-corrected chi connectivity index (χ4v) is 2.51. The molecule has 1 heterocycles. The van der Waals surface area contributed by atoms with Crippen LogP contribution >= 0.6 is 0 Å². The van der Waals surface area contributed by atoms with Crippen molar-refractivity contribution >= 4 is 11.8 Å². The normalized spacial score (nSPS) is 15.1. The number of carbonyl (C=O) groups is 2. The number of hydrogen-bond donors (Lipinski definition) is 0. The van der Waals surface area contributed by atoms with Crippen LogP contribution in [0.25, 0.3) is 0 Å². The minimum atomic E-state index is -0.378. The first-order valence-corrected chi connectivity index (χ1v) is 7.27. The molecule has 0 aliphatic carbocycles. The summed E-state index contributed by atoms with van der Waals surface area (Å²) in [5.41, 5.74) is 0.383. The number of halogens is 1. The quantitative estimate of drug-likeness (QED) is 0.846. The molecule has 1 aromatic rings. The molecular formula is C16H18FN3O2. The maximum absolute atomic E-state index is 13.6. The van der Waals surface area contributed by atoms with E-state index >= 15 is 0 Å². The van der Waals surface area contributed by atoms with Crippen LogP contribution < -0.4 is 0 Å². The van der Waals surface area contributed by atoms with Gasteiger partial charge in [0.2, 0.25) is 11.8 Å². The average molecular weight is 303 g/mol. The SMILES string of the molecule is N#CCC(=O)N1CCCN(C(=O)Cc2ccccc2F)CC1. The molecule has 1 aliphatic heterocycles. The molecule has 1 aliphatic rings. The zero-order valence-electron chi connectivity index (χ0n) is 12.3. The summed E-state index contributed by atoms with van der Waals surface area (Å²) in [6.45, 7) is 1.93. The second kappa shape index (κ2) is 7.55. The fourth-order valence-electron chi connectivity index (χ4n) is 2.51. The molecule has 0 aromatic heterocycles. The predicted molar refractivity (Wildman–Crippen MR) is 78.1 cm³/mol. The van der Waals surface area contributed by atoms with E-state index in [1.54, 1.807) is 28.0 Å². The third-order valence-corrected chi connectivity index (χ3v) is 3.73. The molecule has 22 heavy (non-hydrogen) atoms. The second-order valence-electron chi connectivity index (χ2n) is 5.22. The molecule has 1 fully saturated rings. The summed E-state index contributed by atoms with van der Waals surface area (Å²) in [6, 6.07) is 8.09. The molecule has 0 spiro atoms. The van der Waals surface area contributed by atoms with Crippen molar-refractivity contribution in [1.29, 1.82) is 5.26 Å². The molecule has 0 atom stereocenters. The molecule has 116 valence electrons. The zero-order valence-corrected chi connectivity index (χ0v) is 12.3.